The second-order valence-electron chi connectivity index (χ2n) is 6.74. The van der Waals surface area contributed by atoms with Gasteiger partial charge in [0.1, 0.15) is 0 Å². The molecule has 25 heavy (non-hydrogen) atoms. The molecule has 2 N–H and O–H groups in total. The standard InChI is InChI=1S/C19H32N4O.HI/c1-7-20-18(22-19(4,5)6)21-14-15-10-12-16(13-11-15)17(24)23(8-2)9-3;/h10-13H,7-9,14H2,1-6H3,(H2,20,21,22);1H. The third-order valence-electron chi connectivity index (χ3n) is 3.51. The van der Waals surface area contributed by atoms with Crippen LogP contribution in [0.3, 0.4) is 0 Å². The van der Waals surface area contributed by atoms with Crippen molar-refractivity contribution in [3.63, 3.8) is 0 Å². The summed E-state index contributed by atoms with van der Waals surface area (Å²) in [6, 6.07) is 7.72. The highest BCUT2D eigenvalue weighted by atomic mass is 127. The maximum absolute atomic E-state index is 12.3. The van der Waals surface area contributed by atoms with Crippen LogP contribution >= 0.6 is 24.0 Å². The fraction of sp³-hybridized carbons (Fsp3) is 0.579. The van der Waals surface area contributed by atoms with E-state index < -0.39 is 0 Å². The van der Waals surface area contributed by atoms with Crippen LogP contribution in [0.5, 0.6) is 0 Å². The molecule has 5 nitrogen and oxygen atoms in total. The van der Waals surface area contributed by atoms with Gasteiger partial charge in [-0.3, -0.25) is 4.79 Å². The lowest BCUT2D eigenvalue weighted by atomic mass is 10.1. The van der Waals surface area contributed by atoms with Gasteiger partial charge in [-0.05, 0) is 59.2 Å². The van der Waals surface area contributed by atoms with Crippen LogP contribution in [0.1, 0.15) is 57.5 Å². The van der Waals surface area contributed by atoms with Crippen LogP contribution in [0.4, 0.5) is 0 Å². The number of hydrogen-bond acceptors (Lipinski definition) is 2. The van der Waals surface area contributed by atoms with Crippen molar-refractivity contribution >= 4 is 35.8 Å². The second-order valence-corrected chi connectivity index (χ2v) is 6.74. The lowest BCUT2D eigenvalue weighted by Crippen LogP contribution is -2.47. The summed E-state index contributed by atoms with van der Waals surface area (Å²) in [6.45, 7) is 15.2. The Morgan fingerprint density at radius 2 is 1.64 bits per heavy atom. The van der Waals surface area contributed by atoms with Crippen LogP contribution in [0.15, 0.2) is 29.3 Å². The van der Waals surface area contributed by atoms with Crippen molar-refractivity contribution in [2.45, 2.75) is 53.6 Å². The van der Waals surface area contributed by atoms with Crippen LogP contribution in [-0.4, -0.2) is 41.9 Å². The Hall–Kier alpha value is -1.31. The third kappa shape index (κ3) is 8.56. The molecule has 1 rings (SSSR count). The van der Waals surface area contributed by atoms with Crippen molar-refractivity contribution in [1.82, 2.24) is 15.5 Å². The molecule has 0 saturated heterocycles. The van der Waals surface area contributed by atoms with E-state index in [0.29, 0.717) is 6.54 Å². The smallest absolute Gasteiger partial charge is 0.253 e. The molecular formula is C19H33IN4O. The first-order chi connectivity index (χ1) is 11.3. The van der Waals surface area contributed by atoms with E-state index in [1.165, 1.54) is 0 Å². The molecule has 1 aromatic carbocycles. The molecule has 0 aliphatic carbocycles. The van der Waals surface area contributed by atoms with E-state index in [1.807, 2.05) is 49.9 Å². The van der Waals surface area contributed by atoms with Crippen molar-refractivity contribution in [2.24, 2.45) is 4.99 Å². The molecule has 0 fully saturated rings. The van der Waals surface area contributed by atoms with E-state index in [4.69, 9.17) is 0 Å². The molecule has 142 valence electrons. The maximum atomic E-state index is 12.3. The average Bonchev–Trinajstić information content (AvgIpc) is 2.53. The van der Waals surface area contributed by atoms with E-state index in [0.717, 1.165) is 36.7 Å². The van der Waals surface area contributed by atoms with Gasteiger partial charge in [-0.2, -0.15) is 0 Å². The van der Waals surface area contributed by atoms with E-state index in [2.05, 4.69) is 36.4 Å². The number of nitrogens with zero attached hydrogens (tertiary/aromatic N) is 2. The number of benzene rings is 1. The monoisotopic (exact) mass is 460 g/mol. The minimum absolute atomic E-state index is 0. The molecule has 1 aromatic rings. The summed E-state index contributed by atoms with van der Waals surface area (Å²) in [5.41, 5.74) is 1.77. The van der Waals surface area contributed by atoms with Gasteiger partial charge in [-0.15, -0.1) is 24.0 Å². The fourth-order valence-electron chi connectivity index (χ4n) is 2.28. The fourth-order valence-corrected chi connectivity index (χ4v) is 2.28. The van der Waals surface area contributed by atoms with Crippen molar-refractivity contribution in [1.29, 1.82) is 0 Å². The molecule has 6 heteroatoms. The Balaban J connectivity index is 0.00000576. The normalized spacial score (nSPS) is 11.5. The van der Waals surface area contributed by atoms with Gasteiger partial charge in [0.15, 0.2) is 5.96 Å². The molecule has 0 heterocycles. The molecule has 0 bridgehead atoms. The third-order valence-corrected chi connectivity index (χ3v) is 3.51. The zero-order chi connectivity index (χ0) is 18.2. The van der Waals surface area contributed by atoms with E-state index >= 15 is 0 Å². The molecule has 0 aliphatic heterocycles. The molecule has 0 unspecified atom stereocenters. The highest BCUT2D eigenvalue weighted by Gasteiger charge is 2.13. The summed E-state index contributed by atoms with van der Waals surface area (Å²) >= 11 is 0. The summed E-state index contributed by atoms with van der Waals surface area (Å²) < 4.78 is 0. The van der Waals surface area contributed by atoms with Gasteiger partial charge < -0.3 is 15.5 Å². The zero-order valence-corrected chi connectivity index (χ0v) is 18.7. The quantitative estimate of drug-likeness (QED) is 0.387. The van der Waals surface area contributed by atoms with Crippen LogP contribution in [0, 0.1) is 0 Å². The Morgan fingerprint density at radius 1 is 1.08 bits per heavy atom. The molecule has 1 amide bonds. The number of rotatable bonds is 6. The average molecular weight is 460 g/mol. The second kappa shape index (κ2) is 11.3. The molecule has 0 saturated carbocycles. The van der Waals surface area contributed by atoms with Gasteiger partial charge in [0, 0.05) is 30.7 Å². The van der Waals surface area contributed by atoms with Gasteiger partial charge >= 0.3 is 0 Å². The van der Waals surface area contributed by atoms with Gasteiger partial charge in [0.2, 0.25) is 0 Å². The minimum atomic E-state index is -0.0406. The lowest BCUT2D eigenvalue weighted by Gasteiger charge is -2.23. The lowest BCUT2D eigenvalue weighted by molar-refractivity contribution is 0.0773. The first kappa shape index (κ1) is 23.7. The van der Waals surface area contributed by atoms with Crippen molar-refractivity contribution in [3.8, 4) is 0 Å². The number of carbonyl (C=O) groups is 1. The summed E-state index contributed by atoms with van der Waals surface area (Å²) in [4.78, 5) is 18.7. The number of aliphatic imine (C=N–C) groups is 1. The summed E-state index contributed by atoms with van der Waals surface area (Å²) in [5.74, 6) is 0.881. The first-order valence-electron chi connectivity index (χ1n) is 8.75. The van der Waals surface area contributed by atoms with Gasteiger partial charge in [-0.1, -0.05) is 12.1 Å². The topological polar surface area (TPSA) is 56.7 Å². The van der Waals surface area contributed by atoms with E-state index in [1.54, 1.807) is 0 Å². The minimum Gasteiger partial charge on any atom is -0.357 e. The number of carbonyl (C=O) groups excluding carboxylic acids is 1. The van der Waals surface area contributed by atoms with Crippen molar-refractivity contribution in [3.05, 3.63) is 35.4 Å². The largest absolute Gasteiger partial charge is 0.357 e. The highest BCUT2D eigenvalue weighted by Crippen LogP contribution is 2.09. The number of amides is 1. The summed E-state index contributed by atoms with van der Waals surface area (Å²) in [5, 5.41) is 6.61. The summed E-state index contributed by atoms with van der Waals surface area (Å²) in [7, 11) is 0. The highest BCUT2D eigenvalue weighted by molar-refractivity contribution is 14.0. The van der Waals surface area contributed by atoms with E-state index in [-0.39, 0.29) is 35.4 Å². The SMILES string of the molecule is CCNC(=NCc1ccc(C(=O)N(CC)CC)cc1)NC(C)(C)C.I. The van der Waals surface area contributed by atoms with Gasteiger partial charge in [-0.25, -0.2) is 4.99 Å². The number of nitrogens with one attached hydrogen (secondary N) is 2. The molecule has 0 atom stereocenters. The Morgan fingerprint density at radius 3 is 2.08 bits per heavy atom. The molecule has 0 spiro atoms. The number of guanidine groups is 1. The van der Waals surface area contributed by atoms with Crippen LogP contribution in [-0.2, 0) is 6.54 Å². The Kier molecular flexibility index (Phi) is 10.7. The maximum Gasteiger partial charge on any atom is 0.253 e. The molecular weight excluding hydrogens is 427 g/mol. The number of halogens is 1. The number of hydrogen-bond donors (Lipinski definition) is 2. The van der Waals surface area contributed by atoms with Gasteiger partial charge in [0.25, 0.3) is 5.91 Å². The van der Waals surface area contributed by atoms with Crippen LogP contribution in [0.2, 0.25) is 0 Å². The van der Waals surface area contributed by atoms with Crippen LogP contribution in [0.25, 0.3) is 0 Å². The Labute approximate surface area is 169 Å². The molecule has 0 aliphatic rings. The van der Waals surface area contributed by atoms with Crippen molar-refractivity contribution in [2.75, 3.05) is 19.6 Å². The van der Waals surface area contributed by atoms with Crippen molar-refractivity contribution < 1.29 is 4.79 Å². The predicted molar refractivity (Wildman–Crippen MR) is 117 cm³/mol. The Bertz CT molecular complexity index is 546. The predicted octanol–water partition coefficient (Wildman–Crippen LogP) is 3.64. The summed E-state index contributed by atoms with van der Waals surface area (Å²) in [6.07, 6.45) is 0. The molecule has 0 radical (unpaired) electrons. The van der Waals surface area contributed by atoms with Gasteiger partial charge in [0.05, 0.1) is 6.54 Å². The zero-order valence-electron chi connectivity index (χ0n) is 16.3. The van der Waals surface area contributed by atoms with Crippen LogP contribution < -0.4 is 10.6 Å². The van der Waals surface area contributed by atoms with E-state index in [9.17, 15) is 4.79 Å². The molecule has 0 aromatic heterocycles. The first-order valence-corrected chi connectivity index (χ1v) is 8.75.